The molecule has 0 aliphatic heterocycles. The third-order valence-electron chi connectivity index (χ3n) is 3.67. The van der Waals surface area contributed by atoms with Gasteiger partial charge < -0.3 is 5.73 Å². The van der Waals surface area contributed by atoms with Crippen LogP contribution >= 0.6 is 15.9 Å². The topological polar surface area (TPSA) is 26.0 Å². The van der Waals surface area contributed by atoms with Gasteiger partial charge in [-0.1, -0.05) is 35.8 Å². The molecular formula is C12H16BrN. The summed E-state index contributed by atoms with van der Waals surface area (Å²) in [5.74, 6) is 0. The molecule has 1 aromatic rings. The second-order valence-corrected chi connectivity index (χ2v) is 5.98. The Morgan fingerprint density at radius 3 is 2.57 bits per heavy atom. The fourth-order valence-electron chi connectivity index (χ4n) is 2.21. The second-order valence-electron chi connectivity index (χ2n) is 5.06. The fourth-order valence-corrected chi connectivity index (χ4v) is 2.57. The van der Waals surface area contributed by atoms with Crippen LogP contribution in [0.5, 0.6) is 0 Å². The molecule has 76 valence electrons. The highest BCUT2D eigenvalue weighted by Crippen LogP contribution is 2.48. The van der Waals surface area contributed by atoms with Gasteiger partial charge >= 0.3 is 0 Å². The predicted molar refractivity (Wildman–Crippen MR) is 63.2 cm³/mol. The summed E-state index contributed by atoms with van der Waals surface area (Å²) in [5, 5.41) is 0. The lowest BCUT2D eigenvalue weighted by Crippen LogP contribution is -2.43. The Balaban J connectivity index is 2.62. The van der Waals surface area contributed by atoms with Crippen molar-refractivity contribution in [2.75, 3.05) is 0 Å². The highest BCUT2D eigenvalue weighted by Gasteiger charge is 2.45. The van der Waals surface area contributed by atoms with E-state index in [9.17, 15) is 0 Å². The minimum Gasteiger partial charge on any atom is -0.321 e. The van der Waals surface area contributed by atoms with Crippen LogP contribution in [0.4, 0.5) is 0 Å². The van der Waals surface area contributed by atoms with Gasteiger partial charge in [0.15, 0.2) is 0 Å². The van der Waals surface area contributed by atoms with Gasteiger partial charge in [-0.15, -0.1) is 0 Å². The third kappa shape index (κ3) is 1.24. The van der Waals surface area contributed by atoms with Crippen LogP contribution < -0.4 is 5.73 Å². The zero-order chi connectivity index (χ0) is 10.6. The normalized spacial score (nSPS) is 28.9. The maximum atomic E-state index is 6.42. The van der Waals surface area contributed by atoms with Gasteiger partial charge in [-0.3, -0.25) is 0 Å². The quantitative estimate of drug-likeness (QED) is 0.755. The molecule has 1 aromatic carbocycles. The van der Waals surface area contributed by atoms with E-state index >= 15 is 0 Å². The summed E-state index contributed by atoms with van der Waals surface area (Å²) in [6, 6.07) is 6.43. The summed E-state index contributed by atoms with van der Waals surface area (Å²) in [5.41, 5.74) is 9.03. The predicted octanol–water partition coefficient (Wildman–Crippen LogP) is 3.21. The molecule has 0 fully saturated rings. The molecular weight excluding hydrogens is 238 g/mol. The number of hydrogen-bond donors (Lipinski definition) is 1. The van der Waals surface area contributed by atoms with Crippen molar-refractivity contribution in [3.05, 3.63) is 33.8 Å². The summed E-state index contributed by atoms with van der Waals surface area (Å²) >= 11 is 3.50. The maximum Gasteiger partial charge on any atom is 0.0439 e. The molecule has 1 aliphatic rings. The Hall–Kier alpha value is -0.340. The first-order valence-electron chi connectivity index (χ1n) is 4.92. The highest BCUT2D eigenvalue weighted by molar-refractivity contribution is 9.10. The molecule has 1 aliphatic carbocycles. The zero-order valence-corrected chi connectivity index (χ0v) is 10.5. The van der Waals surface area contributed by atoms with Crippen LogP contribution in [-0.2, 0) is 12.0 Å². The molecule has 0 aromatic heterocycles. The average molecular weight is 254 g/mol. The van der Waals surface area contributed by atoms with Crippen molar-refractivity contribution in [3.63, 3.8) is 0 Å². The summed E-state index contributed by atoms with van der Waals surface area (Å²) in [4.78, 5) is 0. The molecule has 2 heteroatoms. The largest absolute Gasteiger partial charge is 0.321 e. The minimum absolute atomic E-state index is 0.149. The molecule has 2 N–H and O–H groups in total. The fraction of sp³-hybridized carbons (Fsp3) is 0.500. The van der Waals surface area contributed by atoms with Gasteiger partial charge in [0, 0.05) is 10.0 Å². The van der Waals surface area contributed by atoms with Crippen molar-refractivity contribution < 1.29 is 0 Å². The number of rotatable bonds is 0. The first-order chi connectivity index (χ1) is 6.34. The summed E-state index contributed by atoms with van der Waals surface area (Å²) in [7, 11) is 0. The second kappa shape index (κ2) is 2.83. The monoisotopic (exact) mass is 253 g/mol. The lowest BCUT2D eigenvalue weighted by molar-refractivity contribution is 0.211. The van der Waals surface area contributed by atoms with E-state index in [1.54, 1.807) is 0 Å². The molecule has 0 bridgehead atoms. The molecule has 1 atom stereocenters. The van der Waals surface area contributed by atoms with Crippen molar-refractivity contribution in [1.82, 2.24) is 0 Å². The van der Waals surface area contributed by atoms with Gasteiger partial charge in [0.25, 0.3) is 0 Å². The molecule has 1 unspecified atom stereocenters. The van der Waals surface area contributed by atoms with Gasteiger partial charge in [-0.05, 0) is 42.0 Å². The molecule has 0 radical (unpaired) electrons. The Labute approximate surface area is 93.8 Å². The van der Waals surface area contributed by atoms with E-state index in [1.165, 1.54) is 11.1 Å². The van der Waals surface area contributed by atoms with Crippen molar-refractivity contribution in [3.8, 4) is 0 Å². The Bertz CT molecular complexity index is 380. The lowest BCUT2D eigenvalue weighted by Gasteiger charge is -2.35. The van der Waals surface area contributed by atoms with Gasteiger partial charge in [0.2, 0.25) is 0 Å². The Morgan fingerprint density at radius 2 is 1.93 bits per heavy atom. The third-order valence-corrected chi connectivity index (χ3v) is 4.16. The van der Waals surface area contributed by atoms with Crippen molar-refractivity contribution in [1.29, 1.82) is 0 Å². The van der Waals surface area contributed by atoms with Crippen LogP contribution in [0.2, 0.25) is 0 Å². The van der Waals surface area contributed by atoms with Crippen molar-refractivity contribution >= 4 is 15.9 Å². The smallest absolute Gasteiger partial charge is 0.0439 e. The van der Waals surface area contributed by atoms with Gasteiger partial charge in [0.05, 0.1) is 0 Å². The van der Waals surface area contributed by atoms with E-state index in [1.807, 2.05) is 0 Å². The van der Waals surface area contributed by atoms with Crippen LogP contribution in [-0.4, -0.2) is 0 Å². The SMILES string of the molecule is CC1(C)Cc2ccc(Br)cc2C1(C)N. The first kappa shape index (κ1) is 10.2. The molecule has 0 spiro atoms. The highest BCUT2D eigenvalue weighted by atomic mass is 79.9. The Kier molecular flexibility index (Phi) is 2.06. The average Bonchev–Trinajstić information content (AvgIpc) is 2.22. The molecule has 14 heavy (non-hydrogen) atoms. The molecule has 0 saturated carbocycles. The van der Waals surface area contributed by atoms with Crippen LogP contribution in [0.15, 0.2) is 22.7 Å². The summed E-state index contributed by atoms with van der Waals surface area (Å²) in [6.07, 6.45) is 1.07. The van der Waals surface area contributed by atoms with Gasteiger partial charge in [-0.2, -0.15) is 0 Å². The number of hydrogen-bond acceptors (Lipinski definition) is 1. The van der Waals surface area contributed by atoms with E-state index in [0.717, 1.165) is 10.9 Å². The van der Waals surface area contributed by atoms with E-state index in [-0.39, 0.29) is 11.0 Å². The van der Waals surface area contributed by atoms with Crippen LogP contribution in [0, 0.1) is 5.41 Å². The van der Waals surface area contributed by atoms with Crippen molar-refractivity contribution in [2.24, 2.45) is 11.1 Å². The van der Waals surface area contributed by atoms with Crippen LogP contribution in [0.3, 0.4) is 0 Å². The standard InChI is InChI=1S/C12H16BrN/c1-11(2)7-8-4-5-9(13)6-10(8)12(11,3)14/h4-6H,7,14H2,1-3H3. The first-order valence-corrected chi connectivity index (χ1v) is 5.72. The minimum atomic E-state index is -0.216. The lowest BCUT2D eigenvalue weighted by atomic mass is 9.75. The van der Waals surface area contributed by atoms with Gasteiger partial charge in [-0.25, -0.2) is 0 Å². The number of halogens is 1. The van der Waals surface area contributed by atoms with E-state index in [2.05, 4.69) is 54.9 Å². The molecule has 0 amide bonds. The molecule has 1 nitrogen and oxygen atoms in total. The van der Waals surface area contributed by atoms with Crippen LogP contribution in [0.1, 0.15) is 31.9 Å². The van der Waals surface area contributed by atoms with E-state index in [4.69, 9.17) is 5.73 Å². The van der Waals surface area contributed by atoms with E-state index < -0.39 is 0 Å². The summed E-state index contributed by atoms with van der Waals surface area (Å²) < 4.78 is 1.12. The summed E-state index contributed by atoms with van der Waals surface area (Å²) in [6.45, 7) is 6.60. The molecule has 2 rings (SSSR count). The maximum absolute atomic E-state index is 6.42. The van der Waals surface area contributed by atoms with Crippen LogP contribution in [0.25, 0.3) is 0 Å². The van der Waals surface area contributed by atoms with E-state index in [0.29, 0.717) is 0 Å². The van der Waals surface area contributed by atoms with Gasteiger partial charge in [0.1, 0.15) is 0 Å². The number of fused-ring (bicyclic) bond motifs is 1. The number of benzene rings is 1. The number of nitrogens with two attached hydrogens (primary N) is 1. The molecule has 0 saturated heterocycles. The van der Waals surface area contributed by atoms with Crippen molar-refractivity contribution in [2.45, 2.75) is 32.7 Å². The zero-order valence-electron chi connectivity index (χ0n) is 8.89. The Morgan fingerprint density at radius 1 is 1.29 bits per heavy atom. The molecule has 0 heterocycles.